The lowest BCUT2D eigenvalue weighted by Crippen LogP contribution is -2.06. The number of benzene rings is 3. The first kappa shape index (κ1) is 22.1. The molecule has 0 aliphatic heterocycles. The molecular formula is C22H18Cl3NO4. The Morgan fingerprint density at radius 3 is 2.47 bits per heavy atom. The first-order valence-corrected chi connectivity index (χ1v) is 10.0. The van der Waals surface area contributed by atoms with Crippen molar-refractivity contribution in [3.8, 4) is 11.5 Å². The van der Waals surface area contributed by atoms with E-state index < -0.39 is 5.97 Å². The second-order valence-corrected chi connectivity index (χ2v) is 7.56. The Morgan fingerprint density at radius 1 is 1.00 bits per heavy atom. The average Bonchev–Trinajstić information content (AvgIpc) is 2.73. The third kappa shape index (κ3) is 5.30. The normalized spacial score (nSPS) is 10.5. The highest BCUT2D eigenvalue weighted by Gasteiger charge is 2.13. The van der Waals surface area contributed by atoms with Crippen LogP contribution in [0.4, 0.5) is 5.69 Å². The van der Waals surface area contributed by atoms with Gasteiger partial charge in [0.15, 0.2) is 11.5 Å². The number of anilines is 1. The van der Waals surface area contributed by atoms with Gasteiger partial charge in [-0.05, 0) is 42.0 Å². The number of aromatic carboxylic acids is 1. The van der Waals surface area contributed by atoms with Gasteiger partial charge in [0.05, 0.1) is 27.7 Å². The number of carboxylic acid groups (broad SMARTS) is 1. The maximum absolute atomic E-state index is 11.3. The van der Waals surface area contributed by atoms with E-state index in [1.807, 2.05) is 18.2 Å². The Bertz CT molecular complexity index is 1070. The molecule has 156 valence electrons. The SMILES string of the molecule is COc1cccc(CNc2ccc(Cl)c(C(=O)O)c2)c1OCc1ccc(Cl)c(Cl)c1. The maximum Gasteiger partial charge on any atom is 0.337 e. The van der Waals surface area contributed by atoms with Crippen molar-refractivity contribution >= 4 is 46.5 Å². The zero-order chi connectivity index (χ0) is 21.7. The zero-order valence-electron chi connectivity index (χ0n) is 15.9. The second kappa shape index (κ2) is 9.94. The molecule has 0 saturated heterocycles. The molecule has 0 amide bonds. The summed E-state index contributed by atoms with van der Waals surface area (Å²) in [7, 11) is 1.57. The molecule has 3 aromatic carbocycles. The van der Waals surface area contributed by atoms with Crippen molar-refractivity contribution in [2.24, 2.45) is 0 Å². The van der Waals surface area contributed by atoms with E-state index >= 15 is 0 Å². The summed E-state index contributed by atoms with van der Waals surface area (Å²) in [6.45, 7) is 0.656. The van der Waals surface area contributed by atoms with E-state index in [0.29, 0.717) is 33.8 Å². The van der Waals surface area contributed by atoms with Gasteiger partial charge in [-0.3, -0.25) is 0 Å². The number of carboxylic acids is 1. The van der Waals surface area contributed by atoms with Crippen molar-refractivity contribution in [1.29, 1.82) is 0 Å². The van der Waals surface area contributed by atoms with Crippen molar-refractivity contribution in [3.05, 3.63) is 86.4 Å². The van der Waals surface area contributed by atoms with Crippen LogP contribution in [-0.2, 0) is 13.2 Å². The number of carbonyl (C=O) groups is 1. The van der Waals surface area contributed by atoms with Gasteiger partial charge < -0.3 is 19.9 Å². The van der Waals surface area contributed by atoms with Gasteiger partial charge in [0, 0.05) is 17.8 Å². The Morgan fingerprint density at radius 2 is 1.77 bits per heavy atom. The number of ether oxygens (including phenoxy) is 2. The third-order valence-electron chi connectivity index (χ3n) is 4.33. The van der Waals surface area contributed by atoms with Crippen molar-refractivity contribution in [1.82, 2.24) is 0 Å². The highest BCUT2D eigenvalue weighted by Crippen LogP contribution is 2.33. The van der Waals surface area contributed by atoms with E-state index in [9.17, 15) is 9.90 Å². The van der Waals surface area contributed by atoms with Gasteiger partial charge in [-0.25, -0.2) is 4.79 Å². The van der Waals surface area contributed by atoms with Gasteiger partial charge in [-0.15, -0.1) is 0 Å². The van der Waals surface area contributed by atoms with Crippen LogP contribution in [0.25, 0.3) is 0 Å². The highest BCUT2D eigenvalue weighted by atomic mass is 35.5. The number of hydrogen-bond acceptors (Lipinski definition) is 4. The quantitative estimate of drug-likeness (QED) is 0.394. The van der Waals surface area contributed by atoms with E-state index in [2.05, 4.69) is 5.32 Å². The molecule has 0 fully saturated rings. The highest BCUT2D eigenvalue weighted by molar-refractivity contribution is 6.42. The maximum atomic E-state index is 11.3. The Hall–Kier alpha value is -2.60. The fourth-order valence-electron chi connectivity index (χ4n) is 2.81. The molecule has 0 spiro atoms. The first-order valence-electron chi connectivity index (χ1n) is 8.88. The lowest BCUT2D eigenvalue weighted by molar-refractivity contribution is 0.0697. The molecule has 0 heterocycles. The van der Waals surface area contributed by atoms with E-state index in [0.717, 1.165) is 11.1 Å². The van der Waals surface area contributed by atoms with Gasteiger partial charge in [-0.1, -0.05) is 53.0 Å². The molecule has 8 heteroatoms. The Balaban J connectivity index is 1.79. The smallest absolute Gasteiger partial charge is 0.337 e. The van der Waals surface area contributed by atoms with Gasteiger partial charge in [0.1, 0.15) is 6.61 Å². The zero-order valence-corrected chi connectivity index (χ0v) is 18.2. The summed E-state index contributed by atoms with van der Waals surface area (Å²) in [6.07, 6.45) is 0. The molecule has 0 radical (unpaired) electrons. The fraction of sp³-hybridized carbons (Fsp3) is 0.136. The lowest BCUT2D eigenvalue weighted by Gasteiger charge is -2.16. The number of para-hydroxylation sites is 1. The van der Waals surface area contributed by atoms with Crippen molar-refractivity contribution in [2.75, 3.05) is 12.4 Å². The largest absolute Gasteiger partial charge is 0.493 e. The molecule has 0 aromatic heterocycles. The van der Waals surface area contributed by atoms with Gasteiger partial charge in [-0.2, -0.15) is 0 Å². The molecule has 0 bridgehead atoms. The van der Waals surface area contributed by atoms with Gasteiger partial charge in [0.2, 0.25) is 0 Å². The summed E-state index contributed by atoms with van der Waals surface area (Å²) in [6, 6.07) is 15.6. The minimum Gasteiger partial charge on any atom is -0.493 e. The number of halogens is 3. The topological polar surface area (TPSA) is 67.8 Å². The third-order valence-corrected chi connectivity index (χ3v) is 5.40. The Labute approximate surface area is 189 Å². The van der Waals surface area contributed by atoms with E-state index in [-0.39, 0.29) is 17.2 Å². The molecule has 0 aliphatic rings. The van der Waals surface area contributed by atoms with Crippen LogP contribution in [0.15, 0.2) is 54.6 Å². The fourth-order valence-corrected chi connectivity index (χ4v) is 3.33. The van der Waals surface area contributed by atoms with Crippen LogP contribution in [-0.4, -0.2) is 18.2 Å². The van der Waals surface area contributed by atoms with Crippen LogP contribution in [0.5, 0.6) is 11.5 Å². The van der Waals surface area contributed by atoms with Crippen LogP contribution in [0.2, 0.25) is 15.1 Å². The van der Waals surface area contributed by atoms with Crippen LogP contribution >= 0.6 is 34.8 Å². The molecule has 0 unspecified atom stereocenters. The lowest BCUT2D eigenvalue weighted by atomic mass is 10.1. The van der Waals surface area contributed by atoms with Crippen LogP contribution in [0.1, 0.15) is 21.5 Å². The number of nitrogens with one attached hydrogen (secondary N) is 1. The molecule has 30 heavy (non-hydrogen) atoms. The number of methoxy groups -OCH3 is 1. The van der Waals surface area contributed by atoms with Crippen molar-refractivity contribution in [3.63, 3.8) is 0 Å². The molecule has 3 aromatic rings. The summed E-state index contributed by atoms with van der Waals surface area (Å²) >= 11 is 18.0. The van der Waals surface area contributed by atoms with Crippen molar-refractivity contribution in [2.45, 2.75) is 13.2 Å². The van der Waals surface area contributed by atoms with E-state index in [4.69, 9.17) is 44.3 Å². The van der Waals surface area contributed by atoms with Gasteiger partial charge in [0.25, 0.3) is 0 Å². The predicted octanol–water partition coefficient (Wildman–Crippen LogP) is 6.54. The summed E-state index contributed by atoms with van der Waals surface area (Å²) in [5.74, 6) is 0.0679. The number of rotatable bonds is 8. The average molecular weight is 467 g/mol. The first-order chi connectivity index (χ1) is 14.4. The summed E-state index contributed by atoms with van der Waals surface area (Å²) in [5, 5.41) is 13.5. The summed E-state index contributed by atoms with van der Waals surface area (Å²) in [4.78, 5) is 11.3. The predicted molar refractivity (Wildman–Crippen MR) is 120 cm³/mol. The van der Waals surface area contributed by atoms with Crippen LogP contribution in [0.3, 0.4) is 0 Å². The van der Waals surface area contributed by atoms with Crippen molar-refractivity contribution < 1.29 is 19.4 Å². The molecule has 5 nitrogen and oxygen atoms in total. The minimum absolute atomic E-state index is 0.0309. The second-order valence-electron chi connectivity index (χ2n) is 6.34. The summed E-state index contributed by atoms with van der Waals surface area (Å²) < 4.78 is 11.5. The summed E-state index contributed by atoms with van der Waals surface area (Å²) in [5.41, 5.74) is 2.35. The Kier molecular flexibility index (Phi) is 7.32. The molecule has 3 rings (SSSR count). The molecule has 0 atom stereocenters. The molecule has 2 N–H and O–H groups in total. The minimum atomic E-state index is -1.09. The number of hydrogen-bond donors (Lipinski definition) is 2. The monoisotopic (exact) mass is 465 g/mol. The molecule has 0 saturated carbocycles. The van der Waals surface area contributed by atoms with Crippen LogP contribution < -0.4 is 14.8 Å². The standard InChI is InChI=1S/C22H18Cl3NO4/c1-29-20-4-2-3-14(11-26-15-6-8-17(23)16(10-15)22(27)28)21(20)30-12-13-5-7-18(24)19(25)9-13/h2-10,26H,11-12H2,1H3,(H,27,28). The van der Waals surface area contributed by atoms with E-state index in [1.165, 1.54) is 6.07 Å². The van der Waals surface area contributed by atoms with Gasteiger partial charge >= 0.3 is 5.97 Å². The molecule has 0 aliphatic carbocycles. The van der Waals surface area contributed by atoms with Crippen LogP contribution in [0, 0.1) is 0 Å². The van der Waals surface area contributed by atoms with E-state index in [1.54, 1.807) is 37.4 Å². The molecular weight excluding hydrogens is 449 g/mol.